The van der Waals surface area contributed by atoms with E-state index in [-0.39, 0.29) is 0 Å². The first-order valence-electron chi connectivity index (χ1n) is 8.36. The van der Waals surface area contributed by atoms with Crippen molar-refractivity contribution in [2.75, 3.05) is 6.54 Å². The lowest BCUT2D eigenvalue weighted by Gasteiger charge is -2.39. The molecule has 1 saturated heterocycles. The summed E-state index contributed by atoms with van der Waals surface area (Å²) < 4.78 is 0. The maximum atomic E-state index is 12.5. The predicted octanol–water partition coefficient (Wildman–Crippen LogP) is 4.27. The number of rotatable bonds is 4. The summed E-state index contributed by atoms with van der Waals surface area (Å²) in [6.07, 6.45) is 12.5. The van der Waals surface area contributed by atoms with Crippen molar-refractivity contribution in [2.45, 2.75) is 51.0 Å². The van der Waals surface area contributed by atoms with Crippen molar-refractivity contribution in [1.29, 1.82) is 0 Å². The fourth-order valence-electron chi connectivity index (χ4n) is 3.35. The highest BCUT2D eigenvalue weighted by molar-refractivity contribution is 5.80. The van der Waals surface area contributed by atoms with E-state index >= 15 is 0 Å². The number of nitrogens with zero attached hydrogens (tertiary/aromatic N) is 1. The van der Waals surface area contributed by atoms with Crippen molar-refractivity contribution in [3.8, 4) is 0 Å². The van der Waals surface area contributed by atoms with E-state index in [0.717, 1.165) is 32.2 Å². The molecule has 1 atom stereocenters. The van der Waals surface area contributed by atoms with Crippen molar-refractivity contribution in [3.05, 3.63) is 42.0 Å². The Kier molecular flexibility index (Phi) is 4.74. The van der Waals surface area contributed by atoms with Crippen LogP contribution in [-0.2, 0) is 4.79 Å². The Hall–Kier alpha value is -1.57. The van der Waals surface area contributed by atoms with Gasteiger partial charge in [0.25, 0.3) is 0 Å². The molecule has 2 fully saturated rings. The molecule has 1 aromatic carbocycles. The lowest BCUT2D eigenvalue weighted by Crippen LogP contribution is -2.47. The van der Waals surface area contributed by atoms with Crippen LogP contribution in [0.25, 0.3) is 6.08 Å². The summed E-state index contributed by atoms with van der Waals surface area (Å²) in [6.45, 7) is 0.971. The normalized spacial score (nSPS) is 23.2. The summed E-state index contributed by atoms with van der Waals surface area (Å²) in [5.74, 6) is 0.766. The molecule has 2 nitrogen and oxygen atoms in total. The molecule has 3 rings (SSSR count). The molecule has 2 heteroatoms. The molecule has 1 aromatic rings. The molecule has 21 heavy (non-hydrogen) atoms. The minimum atomic E-state index is 0.337. The Morgan fingerprint density at radius 3 is 2.62 bits per heavy atom. The monoisotopic (exact) mass is 283 g/mol. The molecular formula is C19H25NO. The van der Waals surface area contributed by atoms with Crippen molar-refractivity contribution >= 4 is 12.0 Å². The van der Waals surface area contributed by atoms with Gasteiger partial charge in [-0.1, -0.05) is 48.9 Å². The summed E-state index contributed by atoms with van der Waals surface area (Å²) >= 11 is 0. The smallest absolute Gasteiger partial charge is 0.225 e. The third-order valence-corrected chi connectivity index (χ3v) is 4.88. The number of hydrogen-bond donors (Lipinski definition) is 0. The summed E-state index contributed by atoms with van der Waals surface area (Å²) in [4.78, 5) is 14.7. The van der Waals surface area contributed by atoms with Crippen LogP contribution in [0.1, 0.15) is 50.5 Å². The van der Waals surface area contributed by atoms with E-state index in [2.05, 4.69) is 41.3 Å². The number of amides is 1. The van der Waals surface area contributed by atoms with E-state index in [1.54, 1.807) is 0 Å². The molecule has 1 heterocycles. The van der Waals surface area contributed by atoms with Crippen molar-refractivity contribution < 1.29 is 4.79 Å². The van der Waals surface area contributed by atoms with Crippen molar-refractivity contribution in [2.24, 2.45) is 5.92 Å². The molecule has 1 aliphatic carbocycles. The summed E-state index contributed by atoms with van der Waals surface area (Å²) in [7, 11) is 0. The van der Waals surface area contributed by atoms with Gasteiger partial charge in [0.05, 0.1) is 0 Å². The summed E-state index contributed by atoms with van der Waals surface area (Å²) in [5.41, 5.74) is 1.24. The van der Waals surface area contributed by atoms with Crippen LogP contribution in [0.2, 0.25) is 0 Å². The van der Waals surface area contributed by atoms with Crippen LogP contribution < -0.4 is 0 Å². The van der Waals surface area contributed by atoms with Crippen LogP contribution in [0.3, 0.4) is 0 Å². The number of benzene rings is 1. The predicted molar refractivity (Wildman–Crippen MR) is 86.8 cm³/mol. The van der Waals surface area contributed by atoms with Gasteiger partial charge in [-0.05, 0) is 44.1 Å². The first kappa shape index (κ1) is 14.4. The Morgan fingerprint density at radius 1 is 1.10 bits per heavy atom. The van der Waals surface area contributed by atoms with Gasteiger partial charge in [-0.15, -0.1) is 0 Å². The van der Waals surface area contributed by atoms with Crippen molar-refractivity contribution in [3.63, 3.8) is 0 Å². The maximum absolute atomic E-state index is 12.5. The Balaban J connectivity index is 1.59. The van der Waals surface area contributed by atoms with Crippen LogP contribution in [0.4, 0.5) is 0 Å². The average molecular weight is 283 g/mol. The molecule has 112 valence electrons. The molecule has 0 bridgehead atoms. The standard InChI is InChI=1S/C19H25NO/c21-19(17-11-7-12-17)20-15-5-4-13-18(20)14-6-10-16-8-2-1-3-9-16/h1-3,6,8-10,17-18H,4-5,7,11-15H2. The summed E-state index contributed by atoms with van der Waals surface area (Å²) in [6, 6.07) is 10.8. The van der Waals surface area contributed by atoms with Gasteiger partial charge in [-0.25, -0.2) is 0 Å². The Morgan fingerprint density at radius 2 is 1.90 bits per heavy atom. The van der Waals surface area contributed by atoms with Crippen LogP contribution in [0, 0.1) is 5.92 Å². The lowest BCUT2D eigenvalue weighted by molar-refractivity contribution is -0.141. The maximum Gasteiger partial charge on any atom is 0.225 e. The summed E-state index contributed by atoms with van der Waals surface area (Å²) in [5, 5.41) is 0. The fraction of sp³-hybridized carbons (Fsp3) is 0.526. The molecule has 0 radical (unpaired) electrons. The molecule has 1 saturated carbocycles. The van der Waals surface area contributed by atoms with Crippen LogP contribution in [-0.4, -0.2) is 23.4 Å². The van der Waals surface area contributed by atoms with Crippen LogP contribution in [0.15, 0.2) is 36.4 Å². The quantitative estimate of drug-likeness (QED) is 0.808. The van der Waals surface area contributed by atoms with E-state index in [9.17, 15) is 4.79 Å². The average Bonchev–Trinajstić information content (AvgIpc) is 2.47. The number of carbonyl (C=O) groups is 1. The second-order valence-electron chi connectivity index (χ2n) is 6.36. The molecule has 1 unspecified atom stereocenters. The third-order valence-electron chi connectivity index (χ3n) is 4.88. The molecule has 0 aromatic heterocycles. The van der Waals surface area contributed by atoms with E-state index in [0.29, 0.717) is 17.9 Å². The third kappa shape index (κ3) is 3.55. The van der Waals surface area contributed by atoms with E-state index in [4.69, 9.17) is 0 Å². The lowest BCUT2D eigenvalue weighted by atomic mass is 9.83. The second-order valence-corrected chi connectivity index (χ2v) is 6.36. The molecule has 0 spiro atoms. The zero-order valence-corrected chi connectivity index (χ0v) is 12.7. The minimum Gasteiger partial charge on any atom is -0.339 e. The van der Waals surface area contributed by atoms with Gasteiger partial charge in [0.1, 0.15) is 0 Å². The molecule has 1 aliphatic heterocycles. The van der Waals surface area contributed by atoms with Gasteiger partial charge in [0.2, 0.25) is 5.91 Å². The number of carbonyl (C=O) groups excluding carboxylic acids is 1. The van der Waals surface area contributed by atoms with Gasteiger partial charge in [0, 0.05) is 18.5 Å². The number of piperidine rings is 1. The topological polar surface area (TPSA) is 20.3 Å². The zero-order valence-electron chi connectivity index (χ0n) is 12.7. The highest BCUT2D eigenvalue weighted by Crippen LogP contribution is 2.31. The molecule has 2 aliphatic rings. The second kappa shape index (κ2) is 6.93. The highest BCUT2D eigenvalue weighted by atomic mass is 16.2. The van der Waals surface area contributed by atoms with Gasteiger partial charge in [0.15, 0.2) is 0 Å². The van der Waals surface area contributed by atoms with Gasteiger partial charge in [-0.2, -0.15) is 0 Å². The molecular weight excluding hydrogens is 258 g/mol. The van der Waals surface area contributed by atoms with Crippen LogP contribution in [0.5, 0.6) is 0 Å². The van der Waals surface area contributed by atoms with E-state index in [1.165, 1.54) is 24.8 Å². The SMILES string of the molecule is O=C(C1CCC1)N1CCCCC1CC=Cc1ccccc1. The Bertz CT molecular complexity index is 490. The first-order chi connectivity index (χ1) is 10.3. The largest absolute Gasteiger partial charge is 0.339 e. The van der Waals surface area contributed by atoms with E-state index in [1.807, 2.05) is 6.07 Å². The fourth-order valence-corrected chi connectivity index (χ4v) is 3.35. The zero-order chi connectivity index (χ0) is 14.5. The van der Waals surface area contributed by atoms with Gasteiger partial charge in [-0.3, -0.25) is 4.79 Å². The number of hydrogen-bond acceptors (Lipinski definition) is 1. The van der Waals surface area contributed by atoms with Gasteiger partial charge >= 0.3 is 0 Å². The highest BCUT2D eigenvalue weighted by Gasteiger charge is 2.33. The van der Waals surface area contributed by atoms with Gasteiger partial charge < -0.3 is 4.90 Å². The number of likely N-dealkylation sites (tertiary alicyclic amines) is 1. The van der Waals surface area contributed by atoms with Crippen LogP contribution >= 0.6 is 0 Å². The first-order valence-corrected chi connectivity index (χ1v) is 8.36. The molecule has 1 amide bonds. The minimum absolute atomic E-state index is 0.337. The Labute approximate surface area is 127 Å². The molecule has 0 N–H and O–H groups in total. The van der Waals surface area contributed by atoms with E-state index < -0.39 is 0 Å². The van der Waals surface area contributed by atoms with Crippen molar-refractivity contribution in [1.82, 2.24) is 4.90 Å².